The Kier molecular flexibility index (Phi) is 5.87. The van der Waals surface area contributed by atoms with E-state index in [0.717, 1.165) is 22.4 Å². The molecule has 0 unspecified atom stereocenters. The Hall–Kier alpha value is -2.01. The molecule has 3 rings (SSSR count). The van der Waals surface area contributed by atoms with Crippen LogP contribution in [0.2, 0.25) is 10.0 Å². The summed E-state index contributed by atoms with van der Waals surface area (Å²) in [7, 11) is 0. The van der Waals surface area contributed by atoms with Gasteiger partial charge in [-0.25, -0.2) is 0 Å². The number of rotatable bonds is 5. The van der Waals surface area contributed by atoms with E-state index < -0.39 is 0 Å². The summed E-state index contributed by atoms with van der Waals surface area (Å²) in [4.78, 5) is 13.0. The molecule has 0 aliphatic carbocycles. The molecule has 0 aliphatic rings. The number of anilines is 1. The van der Waals surface area contributed by atoms with Gasteiger partial charge in [-0.15, -0.1) is 11.3 Å². The smallest absolute Gasteiger partial charge is 0.265 e. The maximum Gasteiger partial charge on any atom is 0.265 e. The Morgan fingerprint density at radius 2 is 1.81 bits per heavy atom. The van der Waals surface area contributed by atoms with E-state index in [2.05, 4.69) is 11.4 Å². The molecule has 134 valence electrons. The van der Waals surface area contributed by atoms with Crippen LogP contribution in [0.3, 0.4) is 0 Å². The van der Waals surface area contributed by atoms with Crippen molar-refractivity contribution in [1.29, 1.82) is 0 Å². The number of carbonyl (C=O) groups excluding carboxylic acids is 1. The van der Waals surface area contributed by atoms with Gasteiger partial charge in [-0.1, -0.05) is 29.3 Å². The highest BCUT2D eigenvalue weighted by Gasteiger charge is 2.12. The van der Waals surface area contributed by atoms with E-state index in [4.69, 9.17) is 27.9 Å². The molecule has 0 atom stereocenters. The summed E-state index contributed by atoms with van der Waals surface area (Å²) >= 11 is 13.3. The molecule has 1 N–H and O–H groups in total. The second-order valence-corrected chi connectivity index (χ2v) is 7.76. The van der Waals surface area contributed by atoms with Crippen molar-refractivity contribution in [2.24, 2.45) is 0 Å². The first-order chi connectivity index (χ1) is 12.4. The summed E-state index contributed by atoms with van der Waals surface area (Å²) in [6.45, 7) is 4.48. The molecule has 0 saturated carbocycles. The third kappa shape index (κ3) is 4.79. The molecular formula is C20H17Cl2NO2S. The standard InChI is InChI=1S/C20H17Cl2NO2S/c1-12-5-13(2)7-16(6-12)25-10-14-8-19(26-11-14)20(24)23-18-4-3-15(21)9-17(18)22/h3-9,11H,10H2,1-2H3,(H,23,24). The zero-order chi connectivity index (χ0) is 18.7. The summed E-state index contributed by atoms with van der Waals surface area (Å²) in [5.41, 5.74) is 3.79. The lowest BCUT2D eigenvalue weighted by atomic mass is 10.1. The number of ether oxygens (including phenoxy) is 1. The monoisotopic (exact) mass is 405 g/mol. The number of carbonyl (C=O) groups is 1. The van der Waals surface area contributed by atoms with Crippen LogP contribution in [0.5, 0.6) is 5.75 Å². The van der Waals surface area contributed by atoms with E-state index in [0.29, 0.717) is 27.2 Å². The van der Waals surface area contributed by atoms with Crippen LogP contribution < -0.4 is 10.1 Å². The molecule has 0 bridgehead atoms. The molecule has 0 radical (unpaired) electrons. The number of aryl methyl sites for hydroxylation is 2. The van der Waals surface area contributed by atoms with Gasteiger partial charge in [0.15, 0.2) is 0 Å². The van der Waals surface area contributed by atoms with Gasteiger partial charge in [0.25, 0.3) is 5.91 Å². The summed E-state index contributed by atoms with van der Waals surface area (Å²) in [6.07, 6.45) is 0. The minimum absolute atomic E-state index is 0.211. The molecule has 3 nitrogen and oxygen atoms in total. The number of hydrogen-bond acceptors (Lipinski definition) is 3. The lowest BCUT2D eigenvalue weighted by molar-refractivity contribution is 0.103. The van der Waals surface area contributed by atoms with Crippen LogP contribution in [0.15, 0.2) is 47.8 Å². The molecule has 1 amide bonds. The van der Waals surface area contributed by atoms with Gasteiger partial charge < -0.3 is 10.1 Å². The predicted molar refractivity (Wildman–Crippen MR) is 109 cm³/mol. The SMILES string of the molecule is Cc1cc(C)cc(OCc2csc(C(=O)Nc3ccc(Cl)cc3Cl)c2)c1. The number of hydrogen-bond donors (Lipinski definition) is 1. The number of benzene rings is 2. The third-order valence-corrected chi connectivity index (χ3v) is 5.18. The Morgan fingerprint density at radius 1 is 1.08 bits per heavy atom. The molecular weight excluding hydrogens is 389 g/mol. The topological polar surface area (TPSA) is 38.3 Å². The molecule has 26 heavy (non-hydrogen) atoms. The van der Waals surface area contributed by atoms with Gasteiger partial charge in [0.05, 0.1) is 15.6 Å². The van der Waals surface area contributed by atoms with E-state index in [1.165, 1.54) is 11.3 Å². The van der Waals surface area contributed by atoms with Gasteiger partial charge in [0.2, 0.25) is 0 Å². The number of thiophene rings is 1. The summed E-state index contributed by atoms with van der Waals surface area (Å²) < 4.78 is 5.84. The van der Waals surface area contributed by atoms with Crippen LogP contribution in [0.1, 0.15) is 26.4 Å². The average Bonchev–Trinajstić information content (AvgIpc) is 3.04. The first-order valence-corrected chi connectivity index (χ1v) is 9.59. The quantitative estimate of drug-likeness (QED) is 0.525. The third-order valence-electron chi connectivity index (χ3n) is 3.66. The van der Waals surface area contributed by atoms with E-state index in [-0.39, 0.29) is 5.91 Å². The van der Waals surface area contributed by atoms with Crippen molar-refractivity contribution in [3.63, 3.8) is 0 Å². The lowest BCUT2D eigenvalue weighted by Crippen LogP contribution is -2.10. The van der Waals surface area contributed by atoms with Gasteiger partial charge in [-0.3, -0.25) is 4.79 Å². The molecule has 6 heteroatoms. The Bertz CT molecular complexity index is 932. The van der Waals surface area contributed by atoms with Crippen LogP contribution in [-0.4, -0.2) is 5.91 Å². The molecule has 0 saturated heterocycles. The zero-order valence-electron chi connectivity index (χ0n) is 14.3. The first-order valence-electron chi connectivity index (χ1n) is 7.95. The Balaban J connectivity index is 1.64. The van der Waals surface area contributed by atoms with Crippen LogP contribution in [0, 0.1) is 13.8 Å². The molecule has 3 aromatic rings. The number of nitrogens with one attached hydrogen (secondary N) is 1. The fraction of sp³-hybridized carbons (Fsp3) is 0.150. The van der Waals surface area contributed by atoms with Crippen molar-refractivity contribution in [1.82, 2.24) is 0 Å². The first kappa shape index (κ1) is 18.8. The molecule has 2 aromatic carbocycles. The van der Waals surface area contributed by atoms with Crippen molar-refractivity contribution < 1.29 is 9.53 Å². The van der Waals surface area contributed by atoms with Gasteiger partial charge in [0, 0.05) is 10.6 Å². The van der Waals surface area contributed by atoms with Crippen molar-refractivity contribution in [2.45, 2.75) is 20.5 Å². The average molecular weight is 406 g/mol. The molecule has 0 spiro atoms. The van der Waals surface area contributed by atoms with Crippen molar-refractivity contribution in [3.8, 4) is 5.75 Å². The highest BCUT2D eigenvalue weighted by molar-refractivity contribution is 7.12. The Morgan fingerprint density at radius 3 is 2.50 bits per heavy atom. The second kappa shape index (κ2) is 8.12. The van der Waals surface area contributed by atoms with Gasteiger partial charge in [0.1, 0.15) is 12.4 Å². The highest BCUT2D eigenvalue weighted by atomic mass is 35.5. The molecule has 0 aliphatic heterocycles. The van der Waals surface area contributed by atoms with Crippen LogP contribution in [-0.2, 0) is 6.61 Å². The largest absolute Gasteiger partial charge is 0.489 e. The number of amides is 1. The predicted octanol–water partition coefficient (Wildman–Crippen LogP) is 6.50. The highest BCUT2D eigenvalue weighted by Crippen LogP contribution is 2.27. The van der Waals surface area contributed by atoms with Crippen molar-refractivity contribution >= 4 is 46.1 Å². The second-order valence-electron chi connectivity index (χ2n) is 6.01. The zero-order valence-corrected chi connectivity index (χ0v) is 16.6. The van der Waals surface area contributed by atoms with Gasteiger partial charge in [-0.2, -0.15) is 0 Å². The number of halogens is 2. The molecule has 1 aromatic heterocycles. The van der Waals surface area contributed by atoms with Crippen LogP contribution in [0.4, 0.5) is 5.69 Å². The van der Waals surface area contributed by atoms with E-state index in [1.807, 2.05) is 37.4 Å². The minimum atomic E-state index is -0.211. The minimum Gasteiger partial charge on any atom is -0.489 e. The van der Waals surface area contributed by atoms with Gasteiger partial charge >= 0.3 is 0 Å². The lowest BCUT2D eigenvalue weighted by Gasteiger charge is -2.07. The maximum atomic E-state index is 12.4. The van der Waals surface area contributed by atoms with Gasteiger partial charge in [-0.05, 0) is 66.8 Å². The van der Waals surface area contributed by atoms with Crippen LogP contribution in [0.25, 0.3) is 0 Å². The molecule has 0 fully saturated rings. The maximum absolute atomic E-state index is 12.4. The Labute approximate surface area is 166 Å². The summed E-state index contributed by atoms with van der Waals surface area (Å²) in [6, 6.07) is 12.9. The molecule has 1 heterocycles. The van der Waals surface area contributed by atoms with Crippen molar-refractivity contribution in [2.75, 3.05) is 5.32 Å². The summed E-state index contributed by atoms with van der Waals surface area (Å²) in [5, 5.41) is 5.64. The fourth-order valence-corrected chi connectivity index (χ4v) is 3.78. The van der Waals surface area contributed by atoms with E-state index >= 15 is 0 Å². The van der Waals surface area contributed by atoms with E-state index in [9.17, 15) is 4.79 Å². The normalized spacial score (nSPS) is 10.6. The fourth-order valence-electron chi connectivity index (χ4n) is 2.53. The van der Waals surface area contributed by atoms with Crippen molar-refractivity contribution in [3.05, 3.63) is 79.5 Å². The summed E-state index contributed by atoms with van der Waals surface area (Å²) in [5.74, 6) is 0.615. The van der Waals surface area contributed by atoms with E-state index in [1.54, 1.807) is 18.2 Å². The van der Waals surface area contributed by atoms with Crippen LogP contribution >= 0.6 is 34.5 Å².